The number of rotatable bonds is 6. The first kappa shape index (κ1) is 24.4. The Bertz CT molecular complexity index is 1620. The second-order valence-corrected chi connectivity index (χ2v) is 9.99. The first-order valence-electron chi connectivity index (χ1n) is 13.2. The number of para-hydroxylation sites is 2. The molecule has 39 heavy (non-hydrogen) atoms. The minimum absolute atomic E-state index is 1.02. The van der Waals surface area contributed by atoms with Gasteiger partial charge in [-0.2, -0.15) is 10.2 Å². The van der Waals surface area contributed by atoms with Gasteiger partial charge < -0.3 is 5.32 Å². The summed E-state index contributed by atoms with van der Waals surface area (Å²) in [5, 5.41) is 13.0. The van der Waals surface area contributed by atoms with Crippen molar-refractivity contribution in [1.82, 2.24) is 19.6 Å². The molecule has 0 unspecified atom stereocenters. The summed E-state index contributed by atoms with van der Waals surface area (Å²) in [4.78, 5) is 0. The van der Waals surface area contributed by atoms with Crippen LogP contribution in [0.1, 0.15) is 22.8 Å². The Morgan fingerprint density at radius 1 is 0.487 bits per heavy atom. The minimum Gasteiger partial charge on any atom is -0.355 e. The van der Waals surface area contributed by atoms with Crippen molar-refractivity contribution in [2.45, 2.75) is 27.7 Å². The Balaban J connectivity index is 1.30. The highest BCUT2D eigenvalue weighted by atomic mass is 15.3. The highest BCUT2D eigenvalue weighted by molar-refractivity contribution is 5.87. The molecule has 0 radical (unpaired) electrons. The van der Waals surface area contributed by atoms with Gasteiger partial charge in [-0.3, -0.25) is 0 Å². The molecule has 0 spiro atoms. The monoisotopic (exact) mass is 509 g/mol. The maximum absolute atomic E-state index is 4.62. The summed E-state index contributed by atoms with van der Waals surface area (Å²) < 4.78 is 3.97. The third-order valence-corrected chi connectivity index (χ3v) is 6.99. The van der Waals surface area contributed by atoms with Crippen molar-refractivity contribution < 1.29 is 0 Å². The zero-order valence-electron chi connectivity index (χ0n) is 22.7. The van der Waals surface area contributed by atoms with E-state index in [4.69, 9.17) is 0 Å². The van der Waals surface area contributed by atoms with Crippen LogP contribution >= 0.6 is 0 Å². The van der Waals surface area contributed by atoms with Crippen molar-refractivity contribution in [2.24, 2.45) is 0 Å². The molecule has 0 atom stereocenters. The summed E-state index contributed by atoms with van der Waals surface area (Å²) in [5.41, 5.74) is 13.1. The topological polar surface area (TPSA) is 47.7 Å². The molecule has 5 nitrogen and oxygen atoms in total. The van der Waals surface area contributed by atoms with E-state index in [1.165, 1.54) is 0 Å². The van der Waals surface area contributed by atoms with Gasteiger partial charge in [0.1, 0.15) is 0 Å². The van der Waals surface area contributed by atoms with Crippen molar-refractivity contribution in [3.63, 3.8) is 0 Å². The quantitative estimate of drug-likeness (QED) is 0.245. The lowest BCUT2D eigenvalue weighted by molar-refractivity contribution is 0.834. The molecule has 1 N–H and O–H groups in total. The molecule has 0 saturated carbocycles. The van der Waals surface area contributed by atoms with Crippen molar-refractivity contribution >= 4 is 11.4 Å². The van der Waals surface area contributed by atoms with Crippen molar-refractivity contribution in [1.29, 1.82) is 0 Å². The van der Waals surface area contributed by atoms with Crippen LogP contribution in [-0.2, 0) is 0 Å². The molecule has 0 aliphatic carbocycles. The molecule has 192 valence electrons. The van der Waals surface area contributed by atoms with Crippen LogP contribution in [0.3, 0.4) is 0 Å². The van der Waals surface area contributed by atoms with E-state index >= 15 is 0 Å². The summed E-state index contributed by atoms with van der Waals surface area (Å²) >= 11 is 0. The Morgan fingerprint density at radius 3 is 1.23 bits per heavy atom. The van der Waals surface area contributed by atoms with Gasteiger partial charge in [-0.15, -0.1) is 0 Å². The van der Waals surface area contributed by atoms with Crippen molar-refractivity contribution in [3.8, 4) is 33.6 Å². The molecule has 0 aliphatic rings. The van der Waals surface area contributed by atoms with E-state index in [9.17, 15) is 0 Å². The Morgan fingerprint density at radius 2 is 0.872 bits per heavy atom. The number of nitrogens with one attached hydrogen (secondary N) is 1. The Kier molecular flexibility index (Phi) is 6.33. The molecule has 0 saturated heterocycles. The third kappa shape index (κ3) is 4.87. The molecule has 0 aliphatic heterocycles. The first-order valence-corrected chi connectivity index (χ1v) is 13.2. The predicted molar refractivity (Wildman–Crippen MR) is 160 cm³/mol. The van der Waals surface area contributed by atoms with E-state index in [0.717, 1.165) is 67.8 Å². The van der Waals surface area contributed by atoms with Crippen molar-refractivity contribution in [3.05, 3.63) is 132 Å². The second-order valence-electron chi connectivity index (χ2n) is 9.99. The molecule has 5 heteroatoms. The Hall–Kier alpha value is -4.90. The zero-order chi connectivity index (χ0) is 26.9. The highest BCUT2D eigenvalue weighted by Gasteiger charge is 2.11. The van der Waals surface area contributed by atoms with E-state index in [1.54, 1.807) is 0 Å². The lowest BCUT2D eigenvalue weighted by atomic mass is 10.0. The van der Waals surface area contributed by atoms with Crippen LogP contribution in [0.2, 0.25) is 0 Å². The lowest BCUT2D eigenvalue weighted by Crippen LogP contribution is -1.99. The van der Waals surface area contributed by atoms with E-state index in [1.807, 2.05) is 23.2 Å². The summed E-state index contributed by atoms with van der Waals surface area (Å²) in [6, 6.07) is 38.2. The largest absolute Gasteiger partial charge is 0.355 e. The molecule has 0 bridgehead atoms. The summed E-state index contributed by atoms with van der Waals surface area (Å²) in [6.07, 6.45) is 0. The predicted octanol–water partition coefficient (Wildman–Crippen LogP) is 8.37. The molecular formula is C34H31N5. The van der Waals surface area contributed by atoms with Gasteiger partial charge in [-0.1, -0.05) is 60.7 Å². The lowest BCUT2D eigenvalue weighted by Gasteiger charge is -2.16. The van der Waals surface area contributed by atoms with Crippen LogP contribution in [-0.4, -0.2) is 19.6 Å². The number of aryl methyl sites for hydroxylation is 4. The number of benzene rings is 4. The van der Waals surface area contributed by atoms with Crippen LogP contribution in [0.25, 0.3) is 33.6 Å². The van der Waals surface area contributed by atoms with Gasteiger partial charge in [0.15, 0.2) is 0 Å². The molecule has 0 fully saturated rings. The van der Waals surface area contributed by atoms with E-state index in [2.05, 4.69) is 139 Å². The number of anilines is 2. The Labute approximate surface area is 229 Å². The van der Waals surface area contributed by atoms with Gasteiger partial charge in [0, 0.05) is 33.9 Å². The van der Waals surface area contributed by atoms with E-state index in [0.29, 0.717) is 0 Å². The molecular weight excluding hydrogens is 478 g/mol. The number of nitrogens with zero attached hydrogens (tertiary/aromatic N) is 4. The van der Waals surface area contributed by atoms with Crippen molar-refractivity contribution in [2.75, 3.05) is 5.32 Å². The normalized spacial score (nSPS) is 11.1. The average Bonchev–Trinajstić information content (AvgIpc) is 3.48. The molecule has 2 aromatic heterocycles. The third-order valence-electron chi connectivity index (χ3n) is 6.99. The van der Waals surface area contributed by atoms with Crippen LogP contribution in [0.4, 0.5) is 11.4 Å². The van der Waals surface area contributed by atoms with Gasteiger partial charge in [0.2, 0.25) is 0 Å². The van der Waals surface area contributed by atoms with Gasteiger partial charge in [0.05, 0.1) is 22.8 Å². The summed E-state index contributed by atoms with van der Waals surface area (Å²) in [7, 11) is 0. The minimum atomic E-state index is 1.02. The van der Waals surface area contributed by atoms with E-state index < -0.39 is 0 Å². The van der Waals surface area contributed by atoms with Crippen LogP contribution < -0.4 is 5.32 Å². The average molecular weight is 510 g/mol. The van der Waals surface area contributed by atoms with E-state index in [-0.39, 0.29) is 0 Å². The molecule has 4 aromatic carbocycles. The van der Waals surface area contributed by atoms with Gasteiger partial charge in [0.25, 0.3) is 0 Å². The summed E-state index contributed by atoms with van der Waals surface area (Å²) in [6.45, 7) is 8.20. The zero-order valence-corrected chi connectivity index (χ0v) is 22.7. The maximum atomic E-state index is 4.62. The maximum Gasteiger partial charge on any atom is 0.0649 e. The number of aromatic nitrogens is 4. The SMILES string of the molecule is Cc1cc(C)n(-c2ccc(-c3ccccc3Nc3ccccc3-c3ccc(-n4nc(C)cc4C)cc3)cc2)n1. The first-order chi connectivity index (χ1) is 19.0. The second kappa shape index (κ2) is 10.1. The van der Waals surface area contributed by atoms with Crippen LogP contribution in [0.15, 0.2) is 109 Å². The molecule has 2 heterocycles. The molecule has 6 rings (SSSR count). The highest BCUT2D eigenvalue weighted by Crippen LogP contribution is 2.35. The standard InChI is InChI=1S/C34H31N5/c1-23-21-25(3)38(36-23)29-17-13-27(14-18-29)31-9-5-7-11-33(31)35-34-12-8-6-10-32(34)28-15-19-30(20-16-28)39-26(4)22-24(2)37-39/h5-22,35H,1-4H3. The fraction of sp³-hybridized carbons (Fsp3) is 0.118. The number of hydrogen-bond donors (Lipinski definition) is 1. The summed E-state index contributed by atoms with van der Waals surface area (Å²) in [5.74, 6) is 0. The molecule has 0 amide bonds. The van der Waals surface area contributed by atoms with Crippen LogP contribution in [0.5, 0.6) is 0 Å². The smallest absolute Gasteiger partial charge is 0.0649 e. The fourth-order valence-corrected chi connectivity index (χ4v) is 5.18. The fourth-order valence-electron chi connectivity index (χ4n) is 5.18. The number of hydrogen-bond acceptors (Lipinski definition) is 3. The van der Waals surface area contributed by atoms with Gasteiger partial charge >= 0.3 is 0 Å². The van der Waals surface area contributed by atoms with Crippen LogP contribution in [0, 0.1) is 27.7 Å². The van der Waals surface area contributed by atoms with Gasteiger partial charge in [-0.05, 0) is 87.4 Å². The molecule has 6 aromatic rings. The van der Waals surface area contributed by atoms with Gasteiger partial charge in [-0.25, -0.2) is 9.36 Å².